The monoisotopic (exact) mass is 274 g/mol. The van der Waals surface area contributed by atoms with Crippen molar-refractivity contribution in [2.75, 3.05) is 26.2 Å². The molecule has 2 fully saturated rings. The fourth-order valence-corrected chi connectivity index (χ4v) is 3.03. The van der Waals surface area contributed by atoms with Gasteiger partial charge >= 0.3 is 0 Å². The van der Waals surface area contributed by atoms with Gasteiger partial charge in [-0.1, -0.05) is 30.3 Å². The van der Waals surface area contributed by atoms with Crippen molar-refractivity contribution in [2.45, 2.75) is 30.8 Å². The Labute approximate surface area is 119 Å². The molecule has 1 amide bonds. The standard InChI is InChI=1S/C16H22N2O2/c17-11-14-12-18(9-4-10-20-14)15(19)16(7-8-16)13-5-2-1-3-6-13/h1-3,5-6,14H,4,7-12,17H2. The molecular weight excluding hydrogens is 252 g/mol. The minimum atomic E-state index is -0.273. The third-order valence-corrected chi connectivity index (χ3v) is 4.39. The molecule has 1 unspecified atom stereocenters. The van der Waals surface area contributed by atoms with E-state index in [2.05, 4.69) is 12.1 Å². The number of hydrogen-bond acceptors (Lipinski definition) is 3. The maximum atomic E-state index is 12.9. The summed E-state index contributed by atoms with van der Waals surface area (Å²) in [6.45, 7) is 2.58. The molecule has 1 aromatic carbocycles. The highest BCUT2D eigenvalue weighted by molar-refractivity contribution is 5.91. The Kier molecular flexibility index (Phi) is 3.76. The summed E-state index contributed by atoms with van der Waals surface area (Å²) in [5.74, 6) is 0.257. The van der Waals surface area contributed by atoms with Gasteiger partial charge in [0.15, 0.2) is 0 Å². The van der Waals surface area contributed by atoms with Gasteiger partial charge in [-0.15, -0.1) is 0 Å². The Morgan fingerprint density at radius 2 is 2.10 bits per heavy atom. The van der Waals surface area contributed by atoms with Crippen LogP contribution in [-0.2, 0) is 14.9 Å². The third-order valence-electron chi connectivity index (χ3n) is 4.39. The van der Waals surface area contributed by atoms with E-state index in [0.29, 0.717) is 19.7 Å². The Bertz CT molecular complexity index is 471. The van der Waals surface area contributed by atoms with Crippen LogP contribution in [-0.4, -0.2) is 43.2 Å². The molecule has 1 atom stereocenters. The summed E-state index contributed by atoms with van der Waals surface area (Å²) < 4.78 is 5.65. The zero-order chi connectivity index (χ0) is 14.0. The molecule has 0 radical (unpaired) electrons. The number of hydrogen-bond donors (Lipinski definition) is 1. The van der Waals surface area contributed by atoms with E-state index in [1.165, 1.54) is 0 Å². The fraction of sp³-hybridized carbons (Fsp3) is 0.562. The molecule has 2 N–H and O–H groups in total. The van der Waals surface area contributed by atoms with Gasteiger partial charge in [0.25, 0.3) is 0 Å². The molecule has 0 aromatic heterocycles. The SMILES string of the molecule is NCC1CN(C(=O)C2(c3ccccc3)CC2)CCCO1. The van der Waals surface area contributed by atoms with Crippen LogP contribution in [0.4, 0.5) is 0 Å². The molecule has 3 rings (SSSR count). The number of carbonyl (C=O) groups is 1. The van der Waals surface area contributed by atoms with E-state index in [1.54, 1.807) is 0 Å². The second-order valence-electron chi connectivity index (χ2n) is 5.78. The van der Waals surface area contributed by atoms with E-state index in [1.807, 2.05) is 23.1 Å². The molecule has 108 valence electrons. The van der Waals surface area contributed by atoms with Gasteiger partial charge in [0.05, 0.1) is 11.5 Å². The van der Waals surface area contributed by atoms with Crippen molar-refractivity contribution in [3.8, 4) is 0 Å². The summed E-state index contributed by atoms with van der Waals surface area (Å²) >= 11 is 0. The van der Waals surface area contributed by atoms with Crippen LogP contribution < -0.4 is 5.73 Å². The first-order chi connectivity index (χ1) is 9.76. The summed E-state index contributed by atoms with van der Waals surface area (Å²) in [7, 11) is 0. The molecule has 1 saturated heterocycles. The second-order valence-corrected chi connectivity index (χ2v) is 5.78. The fourth-order valence-electron chi connectivity index (χ4n) is 3.03. The maximum Gasteiger partial charge on any atom is 0.233 e. The molecule has 1 saturated carbocycles. The highest BCUT2D eigenvalue weighted by Gasteiger charge is 2.53. The van der Waals surface area contributed by atoms with Crippen LogP contribution in [0.15, 0.2) is 30.3 Å². The predicted molar refractivity (Wildman–Crippen MR) is 77.3 cm³/mol. The first kappa shape index (κ1) is 13.6. The average Bonchev–Trinajstić information content (AvgIpc) is 3.32. The van der Waals surface area contributed by atoms with Crippen LogP contribution in [0.25, 0.3) is 0 Å². The average molecular weight is 274 g/mol. The number of nitrogens with two attached hydrogens (primary N) is 1. The van der Waals surface area contributed by atoms with Gasteiger partial charge in [-0.3, -0.25) is 4.79 Å². The van der Waals surface area contributed by atoms with Crippen LogP contribution in [0.1, 0.15) is 24.8 Å². The molecule has 1 heterocycles. The van der Waals surface area contributed by atoms with Crippen molar-refractivity contribution < 1.29 is 9.53 Å². The highest BCUT2D eigenvalue weighted by atomic mass is 16.5. The van der Waals surface area contributed by atoms with Crippen molar-refractivity contribution in [2.24, 2.45) is 5.73 Å². The van der Waals surface area contributed by atoms with Crippen molar-refractivity contribution >= 4 is 5.91 Å². The third kappa shape index (κ3) is 2.45. The molecule has 0 bridgehead atoms. The summed E-state index contributed by atoms with van der Waals surface area (Å²) in [6, 6.07) is 10.2. The quantitative estimate of drug-likeness (QED) is 0.903. The molecular formula is C16H22N2O2. The normalized spacial score (nSPS) is 25.1. The molecule has 1 aromatic rings. The molecule has 2 aliphatic rings. The van der Waals surface area contributed by atoms with Crippen molar-refractivity contribution in [3.63, 3.8) is 0 Å². The van der Waals surface area contributed by atoms with Gasteiger partial charge in [0.2, 0.25) is 5.91 Å². The van der Waals surface area contributed by atoms with Gasteiger partial charge in [-0.05, 0) is 24.8 Å². The van der Waals surface area contributed by atoms with Gasteiger partial charge in [0.1, 0.15) is 0 Å². The van der Waals surface area contributed by atoms with Crippen LogP contribution in [0, 0.1) is 0 Å². The van der Waals surface area contributed by atoms with Crippen LogP contribution in [0.3, 0.4) is 0 Å². The second kappa shape index (κ2) is 5.54. The van der Waals surface area contributed by atoms with Crippen molar-refractivity contribution in [1.29, 1.82) is 0 Å². The molecule has 20 heavy (non-hydrogen) atoms. The first-order valence-corrected chi connectivity index (χ1v) is 7.43. The topological polar surface area (TPSA) is 55.6 Å². The lowest BCUT2D eigenvalue weighted by Gasteiger charge is -2.28. The van der Waals surface area contributed by atoms with Crippen molar-refractivity contribution in [1.82, 2.24) is 4.90 Å². The number of amides is 1. The van der Waals surface area contributed by atoms with Crippen molar-refractivity contribution in [3.05, 3.63) is 35.9 Å². The van der Waals surface area contributed by atoms with Gasteiger partial charge in [0, 0.05) is 26.2 Å². The Balaban J connectivity index is 1.78. The summed E-state index contributed by atoms with van der Waals surface area (Å²) in [4.78, 5) is 14.9. The Morgan fingerprint density at radius 3 is 2.75 bits per heavy atom. The van der Waals surface area contributed by atoms with Gasteiger partial charge < -0.3 is 15.4 Å². The minimum Gasteiger partial charge on any atom is -0.375 e. The smallest absolute Gasteiger partial charge is 0.233 e. The lowest BCUT2D eigenvalue weighted by molar-refractivity contribution is -0.134. The van der Waals surface area contributed by atoms with Gasteiger partial charge in [-0.25, -0.2) is 0 Å². The zero-order valence-electron chi connectivity index (χ0n) is 11.8. The lowest BCUT2D eigenvalue weighted by atomic mass is 9.94. The van der Waals surface area contributed by atoms with Crippen LogP contribution in [0.2, 0.25) is 0 Å². The van der Waals surface area contributed by atoms with E-state index in [-0.39, 0.29) is 17.4 Å². The van der Waals surface area contributed by atoms with E-state index >= 15 is 0 Å². The molecule has 4 heteroatoms. The molecule has 1 aliphatic carbocycles. The molecule has 1 aliphatic heterocycles. The Hall–Kier alpha value is -1.39. The minimum absolute atomic E-state index is 0.0203. The number of benzene rings is 1. The predicted octanol–water partition coefficient (Wildman–Crippen LogP) is 1.29. The number of carbonyl (C=O) groups excluding carboxylic acids is 1. The number of nitrogens with zero attached hydrogens (tertiary/aromatic N) is 1. The summed E-state index contributed by atoms with van der Waals surface area (Å²) in [5, 5.41) is 0. The summed E-state index contributed by atoms with van der Waals surface area (Å²) in [5.41, 5.74) is 6.59. The lowest BCUT2D eigenvalue weighted by Crippen LogP contribution is -2.44. The van der Waals surface area contributed by atoms with Crippen LogP contribution >= 0.6 is 0 Å². The largest absolute Gasteiger partial charge is 0.375 e. The Morgan fingerprint density at radius 1 is 1.35 bits per heavy atom. The number of ether oxygens (including phenoxy) is 1. The van der Waals surface area contributed by atoms with E-state index in [4.69, 9.17) is 10.5 Å². The molecule has 4 nitrogen and oxygen atoms in total. The number of rotatable bonds is 3. The maximum absolute atomic E-state index is 12.9. The van der Waals surface area contributed by atoms with E-state index < -0.39 is 0 Å². The first-order valence-electron chi connectivity index (χ1n) is 7.43. The van der Waals surface area contributed by atoms with Gasteiger partial charge in [-0.2, -0.15) is 0 Å². The molecule has 0 spiro atoms. The summed E-state index contributed by atoms with van der Waals surface area (Å²) in [6.07, 6.45) is 2.79. The van der Waals surface area contributed by atoms with Crippen LogP contribution in [0.5, 0.6) is 0 Å². The zero-order valence-corrected chi connectivity index (χ0v) is 11.8. The van der Waals surface area contributed by atoms with E-state index in [0.717, 1.165) is 31.4 Å². The van der Waals surface area contributed by atoms with E-state index in [9.17, 15) is 4.79 Å². The highest BCUT2D eigenvalue weighted by Crippen LogP contribution is 2.49.